The average Bonchev–Trinajstić information content (AvgIpc) is 2.36. The number of hydrogen-bond donors (Lipinski definition) is 1. The van der Waals surface area contributed by atoms with Gasteiger partial charge in [-0.15, -0.1) is 8.19 Å². The zero-order valence-electron chi connectivity index (χ0n) is 6.26. The van der Waals surface area contributed by atoms with Crippen LogP contribution in [0.4, 0.5) is 0 Å². The molecule has 60 valence electrons. The number of carbonyl (C=O) groups is 1. The van der Waals surface area contributed by atoms with E-state index in [2.05, 4.69) is 0 Å². The Morgan fingerprint density at radius 3 is 3.09 bits per heavy atom. The van der Waals surface area contributed by atoms with Crippen molar-refractivity contribution in [3.05, 3.63) is 22.7 Å². The standard InChI is InChI=1S/C7H10NO2P/c1-10-4-5-2-3-11-6(5)7(8)9/h2-3,11H,4H2,1H3,(H2,8,9). The normalized spacial score (nSPS) is 10.6. The van der Waals surface area contributed by atoms with E-state index in [1.165, 1.54) is 0 Å². The highest BCUT2D eigenvalue weighted by Crippen LogP contribution is 2.21. The molecule has 0 aliphatic carbocycles. The molecule has 1 rings (SSSR count). The van der Waals surface area contributed by atoms with Crippen LogP contribution in [0, 0.1) is 0 Å². The summed E-state index contributed by atoms with van der Waals surface area (Å²) >= 11 is 0. The first-order chi connectivity index (χ1) is 5.25. The number of carbonyl (C=O) groups excluding carboxylic acids is 1. The molecule has 0 radical (unpaired) electrons. The van der Waals surface area contributed by atoms with Crippen LogP contribution in [0.5, 0.6) is 0 Å². The van der Waals surface area contributed by atoms with Gasteiger partial charge in [0.1, 0.15) is 0 Å². The zero-order valence-corrected chi connectivity index (χ0v) is 7.26. The van der Waals surface area contributed by atoms with E-state index in [0.29, 0.717) is 20.1 Å². The predicted molar refractivity (Wildman–Crippen MR) is 45.2 cm³/mol. The van der Waals surface area contributed by atoms with Gasteiger partial charge in [-0.05, 0) is 11.4 Å². The van der Waals surface area contributed by atoms with E-state index in [1.807, 2.05) is 11.9 Å². The summed E-state index contributed by atoms with van der Waals surface area (Å²) in [5.74, 6) is 1.61. The van der Waals surface area contributed by atoms with Crippen LogP contribution in [0.15, 0.2) is 11.9 Å². The lowest BCUT2D eigenvalue weighted by Crippen LogP contribution is -2.10. The molecule has 11 heavy (non-hydrogen) atoms. The minimum absolute atomic E-state index is 0.333. The summed E-state index contributed by atoms with van der Waals surface area (Å²) < 4.78 is 4.89. The fourth-order valence-corrected chi connectivity index (χ4v) is 1.84. The molecule has 1 aromatic rings. The Morgan fingerprint density at radius 1 is 1.82 bits per heavy atom. The maximum absolute atomic E-state index is 10.8. The van der Waals surface area contributed by atoms with Gasteiger partial charge in [-0.1, -0.05) is 6.07 Å². The third kappa shape index (κ3) is 1.82. The number of hydrogen-bond acceptors (Lipinski definition) is 2. The molecule has 0 aromatic carbocycles. The number of rotatable bonds is 3. The molecule has 1 aromatic heterocycles. The molecule has 0 saturated carbocycles. The molecule has 1 atom stereocenters. The molecular formula is C7H10NO2P. The van der Waals surface area contributed by atoms with Crippen LogP contribution in [0.25, 0.3) is 0 Å². The molecule has 1 heterocycles. The van der Waals surface area contributed by atoms with Gasteiger partial charge in [-0.25, -0.2) is 0 Å². The average molecular weight is 171 g/mol. The van der Waals surface area contributed by atoms with E-state index in [-0.39, 0.29) is 5.91 Å². The fraction of sp³-hybridized carbons (Fsp3) is 0.286. The third-order valence-electron chi connectivity index (χ3n) is 1.38. The van der Waals surface area contributed by atoms with Crippen molar-refractivity contribution in [1.29, 1.82) is 0 Å². The minimum atomic E-state index is -0.333. The first-order valence-corrected chi connectivity index (χ1v) is 4.28. The van der Waals surface area contributed by atoms with Crippen LogP contribution < -0.4 is 5.73 Å². The van der Waals surface area contributed by atoms with Crippen LogP contribution >= 0.6 is 8.19 Å². The van der Waals surface area contributed by atoms with Crippen molar-refractivity contribution in [2.24, 2.45) is 5.73 Å². The van der Waals surface area contributed by atoms with E-state index >= 15 is 0 Å². The highest BCUT2D eigenvalue weighted by atomic mass is 31.0. The van der Waals surface area contributed by atoms with Gasteiger partial charge >= 0.3 is 0 Å². The van der Waals surface area contributed by atoms with Crippen molar-refractivity contribution < 1.29 is 9.53 Å². The van der Waals surface area contributed by atoms with Gasteiger partial charge in [0.2, 0.25) is 0 Å². The summed E-state index contributed by atoms with van der Waals surface area (Å²) in [5.41, 5.74) is 6.05. The van der Waals surface area contributed by atoms with Crippen LogP contribution in [0.3, 0.4) is 0 Å². The lowest BCUT2D eigenvalue weighted by atomic mass is 10.3. The Hall–Kier alpha value is -0.790. The molecule has 1 amide bonds. The summed E-state index contributed by atoms with van der Waals surface area (Å²) in [5, 5.41) is 0.701. The van der Waals surface area contributed by atoms with Crippen molar-refractivity contribution >= 4 is 14.1 Å². The molecule has 0 saturated heterocycles. The van der Waals surface area contributed by atoms with Crippen LogP contribution in [-0.2, 0) is 11.3 Å². The number of primary amides is 1. The lowest BCUT2D eigenvalue weighted by molar-refractivity contribution is 0.1000. The molecule has 3 nitrogen and oxygen atoms in total. The second-order valence-electron chi connectivity index (χ2n) is 2.18. The quantitative estimate of drug-likeness (QED) is 0.736. The van der Waals surface area contributed by atoms with Crippen LogP contribution in [-0.4, -0.2) is 13.0 Å². The van der Waals surface area contributed by atoms with Crippen molar-refractivity contribution in [2.45, 2.75) is 6.61 Å². The van der Waals surface area contributed by atoms with Crippen molar-refractivity contribution in [3.8, 4) is 0 Å². The Balaban J connectivity index is 2.87. The summed E-state index contributed by atoms with van der Waals surface area (Å²) in [6.07, 6.45) is 0. The molecule has 4 heteroatoms. The maximum atomic E-state index is 10.8. The van der Waals surface area contributed by atoms with Gasteiger partial charge < -0.3 is 10.5 Å². The maximum Gasteiger partial charge on any atom is 0.252 e. The van der Waals surface area contributed by atoms with Gasteiger partial charge in [0.15, 0.2) is 0 Å². The van der Waals surface area contributed by atoms with Gasteiger partial charge in [0, 0.05) is 7.11 Å². The predicted octanol–water partition coefficient (Wildman–Crippen LogP) is 0.963. The second kappa shape index (κ2) is 3.56. The fourth-order valence-electron chi connectivity index (χ4n) is 0.907. The molecule has 0 aliphatic rings. The minimum Gasteiger partial charge on any atom is -0.380 e. The molecule has 2 N–H and O–H groups in total. The van der Waals surface area contributed by atoms with E-state index in [4.69, 9.17) is 10.5 Å². The van der Waals surface area contributed by atoms with E-state index < -0.39 is 0 Å². The first-order valence-electron chi connectivity index (χ1n) is 3.20. The smallest absolute Gasteiger partial charge is 0.252 e. The Kier molecular flexibility index (Phi) is 2.69. The number of ether oxygens (including phenoxy) is 1. The number of amides is 1. The molecule has 1 unspecified atom stereocenters. The SMILES string of the molecule is COCc1cc[pH]c1C(N)=O. The summed E-state index contributed by atoms with van der Waals surface area (Å²) in [6, 6.07) is 1.89. The summed E-state index contributed by atoms with van der Waals surface area (Å²) in [7, 11) is 2.01. The van der Waals surface area contributed by atoms with Gasteiger partial charge in [0.25, 0.3) is 5.91 Å². The number of nitrogens with two attached hydrogens (primary N) is 1. The highest BCUT2D eigenvalue weighted by molar-refractivity contribution is 7.32. The van der Waals surface area contributed by atoms with Crippen molar-refractivity contribution in [2.75, 3.05) is 7.11 Å². The number of methoxy groups -OCH3 is 1. The molecule has 0 fully saturated rings. The molecule has 0 spiro atoms. The second-order valence-corrected chi connectivity index (χ2v) is 3.30. The Bertz CT molecular complexity index is 257. The van der Waals surface area contributed by atoms with Crippen LogP contribution in [0.2, 0.25) is 0 Å². The summed E-state index contributed by atoms with van der Waals surface area (Å²) in [4.78, 5) is 10.8. The van der Waals surface area contributed by atoms with E-state index in [0.717, 1.165) is 5.56 Å². The molecular weight excluding hydrogens is 161 g/mol. The van der Waals surface area contributed by atoms with Crippen molar-refractivity contribution in [3.63, 3.8) is 0 Å². The van der Waals surface area contributed by atoms with Gasteiger partial charge in [-0.2, -0.15) is 0 Å². The summed E-state index contributed by atoms with van der Waals surface area (Å²) in [6.45, 7) is 0.474. The molecule has 0 bridgehead atoms. The lowest BCUT2D eigenvalue weighted by Gasteiger charge is -1.97. The monoisotopic (exact) mass is 171 g/mol. The van der Waals surface area contributed by atoms with E-state index in [1.54, 1.807) is 7.11 Å². The highest BCUT2D eigenvalue weighted by Gasteiger charge is 2.06. The van der Waals surface area contributed by atoms with Crippen molar-refractivity contribution in [1.82, 2.24) is 0 Å². The third-order valence-corrected chi connectivity index (χ3v) is 2.57. The van der Waals surface area contributed by atoms with Crippen LogP contribution in [0.1, 0.15) is 15.7 Å². The largest absolute Gasteiger partial charge is 0.380 e. The van der Waals surface area contributed by atoms with E-state index in [9.17, 15) is 4.79 Å². The zero-order chi connectivity index (χ0) is 8.27. The van der Waals surface area contributed by atoms with Gasteiger partial charge in [-0.3, -0.25) is 4.79 Å². The topological polar surface area (TPSA) is 52.3 Å². The Labute approximate surface area is 66.6 Å². The van der Waals surface area contributed by atoms with Gasteiger partial charge in [0.05, 0.1) is 11.9 Å². The Morgan fingerprint density at radius 2 is 2.55 bits per heavy atom. The first kappa shape index (κ1) is 8.31. The molecule has 0 aliphatic heterocycles.